The fourth-order valence-corrected chi connectivity index (χ4v) is 2.23. The molecule has 3 rings (SSSR count). The highest BCUT2D eigenvalue weighted by molar-refractivity contribution is 6.30. The second-order valence-electron chi connectivity index (χ2n) is 4.98. The van der Waals surface area contributed by atoms with Crippen molar-refractivity contribution in [3.05, 3.63) is 71.3 Å². The summed E-state index contributed by atoms with van der Waals surface area (Å²) < 4.78 is 12.8. The van der Waals surface area contributed by atoms with Gasteiger partial charge in [-0.15, -0.1) is 0 Å². The Hall–Kier alpha value is -2.66. The van der Waals surface area contributed by atoms with Crippen LogP contribution in [0.5, 0.6) is 0 Å². The molecule has 0 bridgehead atoms. The van der Waals surface area contributed by atoms with Crippen molar-refractivity contribution in [2.75, 3.05) is 5.32 Å². The van der Waals surface area contributed by atoms with Crippen LogP contribution in [0.15, 0.2) is 54.7 Å². The van der Waals surface area contributed by atoms with E-state index in [0.29, 0.717) is 22.2 Å². The van der Waals surface area contributed by atoms with E-state index in [0.717, 1.165) is 5.56 Å². The summed E-state index contributed by atoms with van der Waals surface area (Å²) in [5.41, 5.74) is 2.05. The molecular formula is C17H13ClFN3O. The number of halogens is 2. The summed E-state index contributed by atoms with van der Waals surface area (Å²) in [6.45, 7) is 0. The van der Waals surface area contributed by atoms with Gasteiger partial charge < -0.3 is 10.3 Å². The molecule has 0 spiro atoms. The second kappa shape index (κ2) is 6.62. The van der Waals surface area contributed by atoms with Crippen molar-refractivity contribution >= 4 is 23.2 Å². The molecule has 3 aromatic rings. The first-order chi connectivity index (χ1) is 11.1. The highest BCUT2D eigenvalue weighted by Crippen LogP contribution is 2.19. The zero-order valence-electron chi connectivity index (χ0n) is 12.0. The number of imidazole rings is 1. The van der Waals surface area contributed by atoms with Crippen LogP contribution >= 0.6 is 11.6 Å². The number of carbonyl (C=O) groups is 1. The van der Waals surface area contributed by atoms with Gasteiger partial charge in [-0.1, -0.05) is 11.6 Å². The van der Waals surface area contributed by atoms with Crippen LogP contribution in [0, 0.1) is 5.82 Å². The van der Waals surface area contributed by atoms with Crippen molar-refractivity contribution in [1.29, 1.82) is 0 Å². The van der Waals surface area contributed by atoms with Gasteiger partial charge in [0.2, 0.25) is 5.91 Å². The Balaban J connectivity index is 1.65. The molecule has 0 radical (unpaired) electrons. The summed E-state index contributed by atoms with van der Waals surface area (Å²) in [6, 6.07) is 12.9. The molecule has 0 unspecified atom stereocenters. The van der Waals surface area contributed by atoms with E-state index in [2.05, 4.69) is 15.3 Å². The molecule has 0 aliphatic rings. The summed E-state index contributed by atoms with van der Waals surface area (Å²) >= 11 is 5.85. The highest BCUT2D eigenvalue weighted by Gasteiger charge is 2.09. The monoisotopic (exact) mass is 329 g/mol. The van der Waals surface area contributed by atoms with Gasteiger partial charge in [-0.3, -0.25) is 4.79 Å². The summed E-state index contributed by atoms with van der Waals surface area (Å²) in [5, 5.41) is 3.35. The quantitative estimate of drug-likeness (QED) is 0.758. The first-order valence-electron chi connectivity index (χ1n) is 6.96. The zero-order valence-corrected chi connectivity index (χ0v) is 12.8. The SMILES string of the molecule is O=C(Cc1c[nH]c(-c2ccc(Cl)cc2)n1)Nc1ccc(F)cc1. The fourth-order valence-electron chi connectivity index (χ4n) is 2.11. The molecule has 0 aliphatic heterocycles. The Morgan fingerprint density at radius 1 is 1.13 bits per heavy atom. The number of nitrogens with one attached hydrogen (secondary N) is 2. The Morgan fingerprint density at radius 2 is 1.83 bits per heavy atom. The third-order valence-corrected chi connectivity index (χ3v) is 3.47. The number of hydrogen-bond acceptors (Lipinski definition) is 2. The number of aromatic amines is 1. The van der Waals surface area contributed by atoms with Crippen molar-refractivity contribution in [3.8, 4) is 11.4 Å². The lowest BCUT2D eigenvalue weighted by molar-refractivity contribution is -0.115. The van der Waals surface area contributed by atoms with Gasteiger partial charge in [0.25, 0.3) is 0 Å². The third kappa shape index (κ3) is 3.96. The molecule has 0 saturated carbocycles. The molecule has 0 atom stereocenters. The normalized spacial score (nSPS) is 10.5. The van der Waals surface area contributed by atoms with Gasteiger partial charge in [-0.25, -0.2) is 9.37 Å². The van der Waals surface area contributed by atoms with Gasteiger partial charge in [0.1, 0.15) is 11.6 Å². The predicted molar refractivity (Wildman–Crippen MR) is 87.8 cm³/mol. The maximum atomic E-state index is 12.8. The third-order valence-electron chi connectivity index (χ3n) is 3.22. The summed E-state index contributed by atoms with van der Waals surface area (Å²) in [6.07, 6.45) is 1.82. The van der Waals surface area contributed by atoms with Crippen molar-refractivity contribution < 1.29 is 9.18 Å². The van der Waals surface area contributed by atoms with Crippen LogP contribution in [0.1, 0.15) is 5.69 Å². The van der Waals surface area contributed by atoms with Crippen molar-refractivity contribution in [1.82, 2.24) is 9.97 Å². The molecule has 0 saturated heterocycles. The van der Waals surface area contributed by atoms with Crippen LogP contribution in [0.3, 0.4) is 0 Å². The van der Waals surface area contributed by atoms with E-state index < -0.39 is 0 Å². The number of hydrogen-bond donors (Lipinski definition) is 2. The molecule has 6 heteroatoms. The average Bonchev–Trinajstić information content (AvgIpc) is 2.98. The molecule has 2 aromatic carbocycles. The van der Waals surface area contributed by atoms with Gasteiger partial charge in [0, 0.05) is 22.5 Å². The number of rotatable bonds is 4. The molecule has 1 heterocycles. The van der Waals surface area contributed by atoms with Gasteiger partial charge in [-0.05, 0) is 48.5 Å². The topological polar surface area (TPSA) is 57.8 Å². The maximum Gasteiger partial charge on any atom is 0.230 e. The van der Waals surface area contributed by atoms with Crippen molar-refractivity contribution in [2.24, 2.45) is 0 Å². The number of anilines is 1. The van der Waals surface area contributed by atoms with Crippen LogP contribution in [0.4, 0.5) is 10.1 Å². The first kappa shape index (κ1) is 15.2. The Labute approximate surface area is 137 Å². The molecule has 1 amide bonds. The van der Waals surface area contributed by atoms with Crippen molar-refractivity contribution in [2.45, 2.75) is 6.42 Å². The molecule has 1 aromatic heterocycles. The van der Waals surface area contributed by atoms with Gasteiger partial charge >= 0.3 is 0 Å². The van der Waals surface area contributed by atoms with Crippen LogP contribution < -0.4 is 5.32 Å². The van der Waals surface area contributed by atoms with Crippen LogP contribution in [0.2, 0.25) is 5.02 Å². The minimum Gasteiger partial charge on any atom is -0.344 e. The molecule has 23 heavy (non-hydrogen) atoms. The van der Waals surface area contributed by atoms with E-state index in [1.807, 2.05) is 12.1 Å². The molecule has 2 N–H and O–H groups in total. The Bertz CT molecular complexity index is 813. The number of carbonyl (C=O) groups excluding carboxylic acids is 1. The van der Waals surface area contributed by atoms with E-state index >= 15 is 0 Å². The maximum absolute atomic E-state index is 12.8. The first-order valence-corrected chi connectivity index (χ1v) is 7.33. The summed E-state index contributed by atoms with van der Waals surface area (Å²) in [5.74, 6) is 0.111. The summed E-state index contributed by atoms with van der Waals surface area (Å²) in [7, 11) is 0. The largest absolute Gasteiger partial charge is 0.344 e. The van der Waals surface area contributed by atoms with E-state index in [-0.39, 0.29) is 18.1 Å². The van der Waals surface area contributed by atoms with Crippen LogP contribution in [0.25, 0.3) is 11.4 Å². The van der Waals surface area contributed by atoms with Crippen LogP contribution in [-0.4, -0.2) is 15.9 Å². The van der Waals surface area contributed by atoms with Gasteiger partial charge in [0.05, 0.1) is 12.1 Å². The highest BCUT2D eigenvalue weighted by atomic mass is 35.5. The smallest absolute Gasteiger partial charge is 0.230 e. The number of amides is 1. The lowest BCUT2D eigenvalue weighted by Gasteiger charge is -2.03. The van der Waals surface area contributed by atoms with Crippen molar-refractivity contribution in [3.63, 3.8) is 0 Å². The second-order valence-corrected chi connectivity index (χ2v) is 5.42. The molecule has 116 valence electrons. The molecule has 0 fully saturated rings. The zero-order chi connectivity index (χ0) is 16.2. The standard InChI is InChI=1S/C17H13ClFN3O/c18-12-3-1-11(2-4-12)17-20-10-15(22-17)9-16(23)21-14-7-5-13(19)6-8-14/h1-8,10H,9H2,(H,20,22)(H,21,23). The average molecular weight is 330 g/mol. The summed E-state index contributed by atoms with van der Waals surface area (Å²) in [4.78, 5) is 19.4. The number of aromatic nitrogens is 2. The van der Waals surface area contributed by atoms with E-state index in [9.17, 15) is 9.18 Å². The fraction of sp³-hybridized carbons (Fsp3) is 0.0588. The van der Waals surface area contributed by atoms with E-state index in [1.54, 1.807) is 18.3 Å². The number of benzene rings is 2. The number of nitrogens with zero attached hydrogens (tertiary/aromatic N) is 1. The lowest BCUT2D eigenvalue weighted by atomic mass is 10.2. The van der Waals surface area contributed by atoms with E-state index in [1.165, 1.54) is 24.3 Å². The minimum atomic E-state index is -0.345. The van der Waals surface area contributed by atoms with Crippen LogP contribution in [-0.2, 0) is 11.2 Å². The Kier molecular flexibility index (Phi) is 4.39. The predicted octanol–water partition coefficient (Wildman–Crippen LogP) is 4.05. The van der Waals surface area contributed by atoms with Gasteiger partial charge in [0.15, 0.2) is 0 Å². The molecule has 0 aliphatic carbocycles. The molecule has 4 nitrogen and oxygen atoms in total. The lowest BCUT2D eigenvalue weighted by Crippen LogP contribution is -2.14. The van der Waals surface area contributed by atoms with E-state index in [4.69, 9.17) is 11.6 Å². The minimum absolute atomic E-state index is 0.126. The molecular weight excluding hydrogens is 317 g/mol. The Morgan fingerprint density at radius 3 is 2.52 bits per heavy atom. The van der Waals surface area contributed by atoms with Gasteiger partial charge in [-0.2, -0.15) is 0 Å². The number of H-pyrrole nitrogens is 1.